The average Bonchev–Trinajstić information content (AvgIpc) is 2.90. The normalized spacial score (nSPS) is 16.4. The first-order chi connectivity index (χ1) is 17.7. The molecule has 0 atom stereocenters. The number of anilines is 1. The maximum absolute atomic E-state index is 13.3. The Balaban J connectivity index is 1.44. The minimum Gasteiger partial charge on any atom is -0.469 e. The summed E-state index contributed by atoms with van der Waals surface area (Å²) in [4.78, 5) is 40.3. The fourth-order valence-electron chi connectivity index (χ4n) is 4.95. The lowest BCUT2D eigenvalue weighted by atomic mass is 9.91. The van der Waals surface area contributed by atoms with Crippen LogP contribution >= 0.6 is 0 Å². The van der Waals surface area contributed by atoms with Gasteiger partial charge < -0.3 is 9.64 Å². The van der Waals surface area contributed by atoms with Crippen LogP contribution in [0.1, 0.15) is 45.5 Å². The summed E-state index contributed by atoms with van der Waals surface area (Å²) in [5.41, 5.74) is 2.11. The number of methoxy groups -OCH3 is 1. The van der Waals surface area contributed by atoms with E-state index in [1.54, 1.807) is 30.3 Å². The number of imide groups is 1. The second-order valence-corrected chi connectivity index (χ2v) is 10.8. The number of esters is 1. The SMILES string of the molecule is COC(=O)CC1CCN(c2ccc3c4c(cccc24)C(=O)N(OS(=O)(=O)c2ccc(C)cc2)C3=O)CC1. The number of nitrogens with zero attached hydrogens (tertiary/aromatic N) is 2. The van der Waals surface area contributed by atoms with Gasteiger partial charge in [-0.3, -0.25) is 14.4 Å². The molecule has 2 aliphatic heterocycles. The number of piperidine rings is 1. The van der Waals surface area contributed by atoms with E-state index in [1.807, 2.05) is 19.1 Å². The van der Waals surface area contributed by atoms with Crippen LogP contribution in [0.5, 0.6) is 0 Å². The molecule has 0 bridgehead atoms. The Morgan fingerprint density at radius 1 is 0.946 bits per heavy atom. The van der Waals surface area contributed by atoms with E-state index in [9.17, 15) is 22.8 Å². The van der Waals surface area contributed by atoms with Crippen molar-refractivity contribution in [1.82, 2.24) is 5.06 Å². The molecule has 3 aromatic rings. The molecule has 1 saturated heterocycles. The van der Waals surface area contributed by atoms with Gasteiger partial charge in [-0.1, -0.05) is 29.8 Å². The van der Waals surface area contributed by atoms with E-state index in [0.29, 0.717) is 30.0 Å². The fraction of sp³-hybridized carbons (Fsp3) is 0.296. The summed E-state index contributed by atoms with van der Waals surface area (Å²) >= 11 is 0. The van der Waals surface area contributed by atoms with E-state index < -0.39 is 21.9 Å². The Morgan fingerprint density at radius 2 is 1.59 bits per heavy atom. The summed E-state index contributed by atoms with van der Waals surface area (Å²) in [7, 11) is -3.02. The molecule has 1 fully saturated rings. The van der Waals surface area contributed by atoms with Crippen LogP contribution in [0.25, 0.3) is 10.8 Å². The van der Waals surface area contributed by atoms with E-state index in [-0.39, 0.29) is 27.9 Å². The highest BCUT2D eigenvalue weighted by Crippen LogP contribution is 2.38. The molecule has 10 heteroatoms. The number of aryl methyl sites for hydroxylation is 1. The largest absolute Gasteiger partial charge is 0.469 e. The quantitative estimate of drug-likeness (QED) is 0.355. The Labute approximate surface area is 214 Å². The van der Waals surface area contributed by atoms with E-state index in [4.69, 9.17) is 9.02 Å². The molecule has 0 saturated carbocycles. The minimum absolute atomic E-state index is 0.159. The summed E-state index contributed by atoms with van der Waals surface area (Å²) < 4.78 is 35.5. The first-order valence-corrected chi connectivity index (χ1v) is 13.4. The van der Waals surface area contributed by atoms with Crippen LogP contribution in [-0.4, -0.2) is 51.5 Å². The monoisotopic (exact) mass is 522 g/mol. The number of carbonyl (C=O) groups is 3. The summed E-state index contributed by atoms with van der Waals surface area (Å²) in [5.74, 6) is -1.65. The van der Waals surface area contributed by atoms with Crippen molar-refractivity contribution < 1.29 is 31.8 Å². The van der Waals surface area contributed by atoms with Gasteiger partial charge in [-0.25, -0.2) is 0 Å². The van der Waals surface area contributed by atoms with Crippen molar-refractivity contribution in [3.05, 3.63) is 71.3 Å². The summed E-state index contributed by atoms with van der Waals surface area (Å²) in [6.45, 7) is 3.24. The minimum atomic E-state index is -4.41. The van der Waals surface area contributed by atoms with E-state index in [2.05, 4.69) is 4.90 Å². The molecule has 37 heavy (non-hydrogen) atoms. The van der Waals surface area contributed by atoms with Crippen LogP contribution in [-0.2, 0) is 23.9 Å². The summed E-state index contributed by atoms with van der Waals surface area (Å²) in [5, 5.41) is 1.52. The molecule has 2 heterocycles. The third-order valence-electron chi connectivity index (χ3n) is 6.97. The van der Waals surface area contributed by atoms with Crippen LogP contribution in [0.2, 0.25) is 0 Å². The van der Waals surface area contributed by atoms with Crippen molar-refractivity contribution in [2.24, 2.45) is 5.92 Å². The molecule has 0 aliphatic carbocycles. The van der Waals surface area contributed by atoms with Gasteiger partial charge in [0.25, 0.3) is 11.8 Å². The maximum Gasteiger partial charge on any atom is 0.318 e. The first-order valence-electron chi connectivity index (χ1n) is 12.0. The molecular weight excluding hydrogens is 496 g/mol. The number of hydrogen-bond acceptors (Lipinski definition) is 8. The molecule has 0 radical (unpaired) electrons. The van der Waals surface area contributed by atoms with Crippen molar-refractivity contribution in [1.29, 1.82) is 0 Å². The second-order valence-electron chi connectivity index (χ2n) is 9.32. The topological polar surface area (TPSA) is 110 Å². The molecule has 0 N–H and O–H groups in total. The Hall–Kier alpha value is -3.76. The number of amides is 2. The van der Waals surface area contributed by atoms with Crippen LogP contribution in [0.3, 0.4) is 0 Å². The zero-order chi connectivity index (χ0) is 26.3. The number of rotatable bonds is 6. The fourth-order valence-corrected chi connectivity index (χ4v) is 5.83. The van der Waals surface area contributed by atoms with Gasteiger partial charge in [-0.05, 0) is 56.0 Å². The number of hydrogen-bond donors (Lipinski definition) is 0. The molecule has 0 aromatic heterocycles. The molecule has 5 rings (SSSR count). The highest BCUT2D eigenvalue weighted by Gasteiger charge is 2.38. The van der Waals surface area contributed by atoms with Crippen LogP contribution in [0.4, 0.5) is 5.69 Å². The van der Waals surface area contributed by atoms with Gasteiger partial charge in [0, 0.05) is 36.0 Å². The van der Waals surface area contributed by atoms with Gasteiger partial charge in [0.15, 0.2) is 0 Å². The molecule has 2 amide bonds. The van der Waals surface area contributed by atoms with Crippen molar-refractivity contribution in [3.63, 3.8) is 0 Å². The van der Waals surface area contributed by atoms with E-state index in [0.717, 1.165) is 29.5 Å². The van der Waals surface area contributed by atoms with Gasteiger partial charge in [0.2, 0.25) is 0 Å². The molecule has 9 nitrogen and oxygen atoms in total. The van der Waals surface area contributed by atoms with Crippen molar-refractivity contribution in [2.75, 3.05) is 25.1 Å². The van der Waals surface area contributed by atoms with Gasteiger partial charge in [0.05, 0.1) is 23.1 Å². The lowest BCUT2D eigenvalue weighted by Crippen LogP contribution is -2.42. The molecule has 2 aliphatic rings. The maximum atomic E-state index is 13.3. The Kier molecular flexibility index (Phi) is 6.47. The zero-order valence-electron chi connectivity index (χ0n) is 20.5. The third kappa shape index (κ3) is 4.58. The van der Waals surface area contributed by atoms with Crippen LogP contribution in [0, 0.1) is 12.8 Å². The molecule has 192 valence electrons. The van der Waals surface area contributed by atoms with Crippen LogP contribution in [0.15, 0.2) is 59.5 Å². The first kappa shape index (κ1) is 24.9. The number of ether oxygens (including phenoxy) is 1. The predicted octanol–water partition coefficient (Wildman–Crippen LogP) is 3.84. The van der Waals surface area contributed by atoms with Crippen molar-refractivity contribution in [2.45, 2.75) is 31.1 Å². The van der Waals surface area contributed by atoms with Gasteiger partial charge >= 0.3 is 16.1 Å². The van der Waals surface area contributed by atoms with Gasteiger partial charge in [-0.15, -0.1) is 9.35 Å². The molecule has 0 unspecified atom stereocenters. The smallest absolute Gasteiger partial charge is 0.318 e. The standard InChI is InChI=1S/C27H26N2O7S/c1-17-6-8-19(9-7-17)37(33,34)36-29-26(31)21-5-3-4-20-23(11-10-22(25(20)21)27(29)32)28-14-12-18(13-15-28)16-24(30)35-2/h3-11,18H,12-16H2,1-2H3. The van der Waals surface area contributed by atoms with Crippen molar-refractivity contribution >= 4 is 44.4 Å². The predicted molar refractivity (Wildman–Crippen MR) is 135 cm³/mol. The lowest BCUT2D eigenvalue weighted by molar-refractivity contribution is -0.141. The van der Waals surface area contributed by atoms with Crippen molar-refractivity contribution in [3.8, 4) is 0 Å². The molecule has 3 aromatic carbocycles. The lowest BCUT2D eigenvalue weighted by Gasteiger charge is -2.35. The van der Waals surface area contributed by atoms with Gasteiger partial charge in [-0.2, -0.15) is 8.42 Å². The number of carbonyl (C=O) groups excluding carboxylic acids is 3. The van der Waals surface area contributed by atoms with E-state index >= 15 is 0 Å². The van der Waals surface area contributed by atoms with E-state index in [1.165, 1.54) is 19.2 Å². The van der Waals surface area contributed by atoms with Crippen LogP contribution < -0.4 is 4.90 Å². The summed E-state index contributed by atoms with van der Waals surface area (Å²) in [6, 6.07) is 14.4. The summed E-state index contributed by atoms with van der Waals surface area (Å²) in [6.07, 6.45) is 2.02. The molecular formula is C27H26N2O7S. The highest BCUT2D eigenvalue weighted by molar-refractivity contribution is 7.86. The zero-order valence-corrected chi connectivity index (χ0v) is 21.3. The number of hydroxylamine groups is 2. The average molecular weight is 523 g/mol. The Bertz CT molecular complexity index is 1490. The van der Waals surface area contributed by atoms with Gasteiger partial charge in [0.1, 0.15) is 0 Å². The highest BCUT2D eigenvalue weighted by atomic mass is 32.2. The number of benzene rings is 3. The Morgan fingerprint density at radius 3 is 2.24 bits per heavy atom. The molecule has 0 spiro atoms. The third-order valence-corrected chi connectivity index (χ3v) is 8.16. The second kappa shape index (κ2) is 9.60.